The van der Waals surface area contributed by atoms with Crippen molar-refractivity contribution in [3.05, 3.63) is 96.3 Å². The van der Waals surface area contributed by atoms with E-state index < -0.39 is 29.5 Å². The lowest BCUT2D eigenvalue weighted by atomic mass is 9.73. The van der Waals surface area contributed by atoms with Gasteiger partial charge < -0.3 is 46.7 Å². The molecule has 62 heavy (non-hydrogen) atoms. The monoisotopic (exact) mass is 851 g/mol. The van der Waals surface area contributed by atoms with Crippen LogP contribution in [-0.2, 0) is 17.6 Å². The van der Waals surface area contributed by atoms with Crippen LogP contribution in [0.4, 0.5) is 5.82 Å². The van der Waals surface area contributed by atoms with E-state index in [4.69, 9.17) is 5.73 Å². The summed E-state index contributed by atoms with van der Waals surface area (Å²) in [5.41, 5.74) is 9.88. The van der Waals surface area contributed by atoms with Gasteiger partial charge >= 0.3 is 5.97 Å². The second-order valence-electron chi connectivity index (χ2n) is 18.4. The molecule has 6 rings (SSSR count). The molecule has 0 radical (unpaired) electrons. The lowest BCUT2D eigenvalue weighted by molar-refractivity contribution is -0.148. The molecular formula is C51H70N4O7. The van der Waals surface area contributed by atoms with Gasteiger partial charge in [0.15, 0.2) is 0 Å². The first-order chi connectivity index (χ1) is 29.9. The van der Waals surface area contributed by atoms with Gasteiger partial charge in [0.05, 0.1) is 29.4 Å². The first-order valence-corrected chi connectivity index (χ1v) is 23.0. The Morgan fingerprint density at radius 2 is 1.69 bits per heavy atom. The maximum Gasteiger partial charge on any atom is 0.309 e. The fourth-order valence-electron chi connectivity index (χ4n) is 10.6. The maximum atomic E-state index is 13.1. The summed E-state index contributed by atoms with van der Waals surface area (Å²) >= 11 is 0. The summed E-state index contributed by atoms with van der Waals surface area (Å²) in [6, 6.07) is 20.3. The Labute approximate surface area is 367 Å². The van der Waals surface area contributed by atoms with Crippen LogP contribution in [-0.4, -0.2) is 78.0 Å². The molecule has 2 aromatic carbocycles. The van der Waals surface area contributed by atoms with Crippen LogP contribution in [0.2, 0.25) is 0 Å². The highest BCUT2D eigenvalue weighted by molar-refractivity contribution is 5.83. The fraction of sp³-hybridized carbons (Fsp3) is 0.529. The third-order valence-electron chi connectivity index (χ3n) is 13.8. The third-order valence-corrected chi connectivity index (χ3v) is 13.8. The molecule has 2 heterocycles. The number of hydrogen-bond acceptors (Lipinski definition) is 9. The first-order valence-electron chi connectivity index (χ1n) is 23.0. The van der Waals surface area contributed by atoms with Crippen molar-refractivity contribution in [3.63, 3.8) is 0 Å². The highest BCUT2D eigenvalue weighted by atomic mass is 16.4. The van der Waals surface area contributed by atoms with Crippen molar-refractivity contribution in [1.29, 1.82) is 0 Å². The van der Waals surface area contributed by atoms with E-state index in [1.165, 1.54) is 25.3 Å². The van der Waals surface area contributed by atoms with Crippen LogP contribution in [0.15, 0.2) is 85.1 Å². The molecule has 4 aromatic rings. The van der Waals surface area contributed by atoms with Gasteiger partial charge in [-0.3, -0.25) is 4.79 Å². The lowest BCUT2D eigenvalue weighted by Crippen LogP contribution is -2.48. The van der Waals surface area contributed by atoms with Crippen molar-refractivity contribution in [3.8, 4) is 33.9 Å². The summed E-state index contributed by atoms with van der Waals surface area (Å²) in [6.07, 6.45) is 16.1. The predicted octanol–water partition coefficient (Wildman–Crippen LogP) is 8.65. The number of aliphatic hydroxyl groups is 3. The van der Waals surface area contributed by atoms with Crippen molar-refractivity contribution in [1.82, 2.24) is 15.3 Å². The highest BCUT2D eigenvalue weighted by Gasteiger charge is 2.51. The molecule has 1 fully saturated rings. The highest BCUT2D eigenvalue weighted by Crippen LogP contribution is 2.49. The Balaban J connectivity index is 1.18. The molecule has 2 aliphatic carbocycles. The molecule has 0 aliphatic heterocycles. The first kappa shape index (κ1) is 46.8. The summed E-state index contributed by atoms with van der Waals surface area (Å²) in [6.45, 7) is 2.59. The van der Waals surface area contributed by atoms with Crippen molar-refractivity contribution >= 4 is 11.8 Å². The number of carboxylic acid groups (broad SMARTS) is 1. The van der Waals surface area contributed by atoms with Gasteiger partial charge in [0.2, 0.25) is 0 Å². The van der Waals surface area contributed by atoms with Crippen LogP contribution in [0, 0.1) is 35.5 Å². The van der Waals surface area contributed by atoms with Crippen molar-refractivity contribution < 1.29 is 35.4 Å². The van der Waals surface area contributed by atoms with E-state index in [0.29, 0.717) is 62.4 Å². The average Bonchev–Trinajstić information content (AvgIpc) is 3.80. The number of unbranched alkanes of at least 4 members (excludes halogenated alkanes) is 4. The van der Waals surface area contributed by atoms with Crippen LogP contribution in [0.3, 0.4) is 0 Å². The molecule has 10 N–H and O–H groups in total. The molecule has 2 aliphatic rings. The zero-order valence-corrected chi connectivity index (χ0v) is 36.6. The number of carbonyl (C=O) groups is 1. The Bertz CT molecular complexity index is 2030. The number of rotatable bonds is 23. The van der Waals surface area contributed by atoms with E-state index in [0.717, 1.165) is 60.2 Å². The van der Waals surface area contributed by atoms with Gasteiger partial charge in [-0.05, 0) is 124 Å². The van der Waals surface area contributed by atoms with Crippen molar-refractivity contribution in [2.24, 2.45) is 35.5 Å². The number of phenolic OH excluding ortho intramolecular Hbond substituents is 2. The van der Waals surface area contributed by atoms with Gasteiger partial charge in [-0.1, -0.05) is 87.9 Å². The molecule has 9 atom stereocenters. The van der Waals surface area contributed by atoms with E-state index in [9.17, 15) is 35.4 Å². The molecule has 11 heteroatoms. The number of aromatic nitrogens is 2. The zero-order chi connectivity index (χ0) is 44.2. The molecule has 0 spiro atoms. The Kier molecular flexibility index (Phi) is 16.7. The molecule has 11 nitrogen and oxygen atoms in total. The molecule has 2 aromatic heterocycles. The minimum atomic E-state index is -1.26. The summed E-state index contributed by atoms with van der Waals surface area (Å²) < 4.78 is 0. The van der Waals surface area contributed by atoms with Gasteiger partial charge in [0.1, 0.15) is 17.3 Å². The Morgan fingerprint density at radius 1 is 0.935 bits per heavy atom. The summed E-state index contributed by atoms with van der Waals surface area (Å²) in [5, 5.41) is 70.2. The van der Waals surface area contributed by atoms with Gasteiger partial charge in [-0.15, -0.1) is 0 Å². The number of nitrogen functional groups attached to an aromatic ring is 1. The number of aromatic hydroxyl groups is 2. The number of aliphatic carboxylic acids is 1. The normalized spacial score (nSPS) is 23.9. The SMILES string of the molecule is CCCCC[C@@H]1C=C[C@@H](CCCCC[C@H](C(=O)O)[C@H](O)C[C@@H](CNC)[C@]2(O)C[C@H](Cc3ccnc(N)c3)C[C@H]2Cc2cc(-c3ccccc3)c(-c3cc(O)cc(O)c3)[nH]2)[C@H](O)C1. The van der Waals surface area contributed by atoms with Crippen LogP contribution in [0.25, 0.3) is 22.4 Å². The average molecular weight is 851 g/mol. The van der Waals surface area contributed by atoms with E-state index >= 15 is 0 Å². The third kappa shape index (κ3) is 12.3. The quantitative estimate of drug-likeness (QED) is 0.0257. The second-order valence-corrected chi connectivity index (χ2v) is 18.4. The number of nitrogens with zero attached hydrogens (tertiary/aromatic N) is 1. The number of nitrogens with one attached hydrogen (secondary N) is 2. The van der Waals surface area contributed by atoms with Crippen molar-refractivity contribution in [2.75, 3.05) is 19.3 Å². The van der Waals surface area contributed by atoms with Gasteiger partial charge in [0.25, 0.3) is 0 Å². The predicted molar refractivity (Wildman–Crippen MR) is 245 cm³/mol. The maximum absolute atomic E-state index is 13.1. The number of aromatic amines is 1. The molecule has 0 bridgehead atoms. The molecular weight excluding hydrogens is 781 g/mol. The number of allylic oxidation sites excluding steroid dienone is 1. The number of benzene rings is 2. The topological polar surface area (TPSA) is 205 Å². The molecule has 0 amide bonds. The number of pyridine rings is 1. The Hall–Kier alpha value is -4.68. The molecule has 1 saturated carbocycles. The van der Waals surface area contributed by atoms with E-state index in [-0.39, 0.29) is 41.8 Å². The zero-order valence-electron chi connectivity index (χ0n) is 36.6. The summed E-state index contributed by atoms with van der Waals surface area (Å²) in [4.78, 5) is 20.5. The van der Waals surface area contributed by atoms with Crippen LogP contribution < -0.4 is 11.1 Å². The second kappa shape index (κ2) is 22.1. The largest absolute Gasteiger partial charge is 0.508 e. The van der Waals surface area contributed by atoms with E-state index in [1.54, 1.807) is 18.3 Å². The van der Waals surface area contributed by atoms with Crippen molar-refractivity contribution in [2.45, 2.75) is 121 Å². The lowest BCUT2D eigenvalue weighted by Gasteiger charge is -2.40. The van der Waals surface area contributed by atoms with Crippen LogP contribution in [0.5, 0.6) is 11.5 Å². The van der Waals surface area contributed by atoms with Gasteiger partial charge in [-0.2, -0.15) is 0 Å². The molecule has 0 saturated heterocycles. The fourth-order valence-corrected chi connectivity index (χ4v) is 10.6. The molecule has 0 unspecified atom stereocenters. The Morgan fingerprint density at radius 3 is 2.39 bits per heavy atom. The van der Waals surface area contributed by atoms with E-state index in [1.807, 2.05) is 49.5 Å². The number of H-pyrrole nitrogens is 1. The number of hydrogen-bond donors (Lipinski definition) is 9. The smallest absolute Gasteiger partial charge is 0.309 e. The summed E-state index contributed by atoms with van der Waals surface area (Å²) in [7, 11) is 1.82. The van der Waals surface area contributed by atoms with Gasteiger partial charge in [-0.25, -0.2) is 4.98 Å². The standard InChI is InChI=1S/C51H70N4O7/c1-3-4-7-12-33-17-18-37(46(58)23-33)15-10-6-11-16-44(50(60)61)47(59)28-40(32-53-2)51(62)31-35(21-34-19-20-54-48(52)24-34)22-39(51)27-41-29-45(36-13-8-5-9-14-36)49(55-41)38-25-42(56)30-43(57)26-38/h5,8-9,13-14,17-20,24-26,29-30,33,35,37,39-40,44,46-47,53,55-59,62H,3-4,6-7,10-12,15-16,21-23,27-28,31-32H2,1-2H3,(H2,52,54)(H,60,61)/t33-,35-,37-,39+,40+,44+,46-,47-,51+/m1/s1. The van der Waals surface area contributed by atoms with E-state index in [2.05, 4.69) is 40.4 Å². The summed E-state index contributed by atoms with van der Waals surface area (Å²) in [5.74, 6) is -1.76. The molecule has 336 valence electrons. The van der Waals surface area contributed by atoms with Gasteiger partial charge in [0, 0.05) is 47.5 Å². The number of carboxylic acids is 1. The number of anilines is 1. The minimum absolute atomic E-state index is 0.0594. The number of nitrogens with two attached hydrogens (primary N) is 1. The van der Waals surface area contributed by atoms with Crippen LogP contribution in [0.1, 0.15) is 102 Å². The number of aliphatic hydroxyl groups excluding tert-OH is 2. The van der Waals surface area contributed by atoms with Crippen LogP contribution >= 0.6 is 0 Å². The minimum Gasteiger partial charge on any atom is -0.508 e. The number of phenols is 2.